The lowest BCUT2D eigenvalue weighted by Gasteiger charge is -2.22. The molecule has 0 radical (unpaired) electrons. The molecule has 0 bridgehead atoms. The maximum atomic E-state index is 13.2. The molecule has 0 fully saturated rings. The lowest BCUT2D eigenvalue weighted by atomic mass is 10.1. The number of aromatic nitrogens is 2. The van der Waals surface area contributed by atoms with E-state index >= 15 is 0 Å². The predicted molar refractivity (Wildman–Crippen MR) is 141 cm³/mol. The zero-order valence-corrected chi connectivity index (χ0v) is 22.7. The van der Waals surface area contributed by atoms with E-state index < -0.39 is 35.4 Å². The number of carbonyl (C=O) groups is 1. The van der Waals surface area contributed by atoms with Crippen LogP contribution in [0.25, 0.3) is 11.5 Å². The summed E-state index contributed by atoms with van der Waals surface area (Å²) in [5, 5.41) is 13.2. The Balaban J connectivity index is 1.55. The summed E-state index contributed by atoms with van der Waals surface area (Å²) in [7, 11) is 0. The molecule has 8 nitrogen and oxygen atoms in total. The van der Waals surface area contributed by atoms with Gasteiger partial charge in [-0.2, -0.15) is 18.2 Å². The number of benzene rings is 3. The molecule has 0 saturated heterocycles. The van der Waals surface area contributed by atoms with Gasteiger partial charge in [0.2, 0.25) is 0 Å². The highest BCUT2D eigenvalue weighted by atomic mass is 19.4. The Kier molecular flexibility index (Phi) is 8.88. The van der Waals surface area contributed by atoms with E-state index in [0.29, 0.717) is 17.7 Å². The van der Waals surface area contributed by atoms with E-state index in [1.54, 1.807) is 29.2 Å². The molecule has 228 valence electrons. The van der Waals surface area contributed by atoms with Gasteiger partial charge < -0.3 is 24.0 Å². The molecule has 0 amide bonds. The molecule has 0 aliphatic heterocycles. The molecule has 43 heavy (non-hydrogen) atoms. The molecular formula is C29H25F6N3O5. The molecular weight excluding hydrogens is 584 g/mol. The highest BCUT2D eigenvalue weighted by molar-refractivity contribution is 5.76. The van der Waals surface area contributed by atoms with Crippen LogP contribution in [-0.2, 0) is 23.9 Å². The van der Waals surface area contributed by atoms with Gasteiger partial charge in [-0.1, -0.05) is 30.3 Å². The van der Waals surface area contributed by atoms with Gasteiger partial charge in [-0.15, -0.1) is 13.2 Å². The minimum absolute atomic E-state index is 0.0474. The van der Waals surface area contributed by atoms with E-state index in [9.17, 15) is 36.2 Å². The summed E-state index contributed by atoms with van der Waals surface area (Å²) in [6.45, 7) is 3.22. The van der Waals surface area contributed by atoms with Gasteiger partial charge in [-0.3, -0.25) is 0 Å². The van der Waals surface area contributed by atoms with Crippen LogP contribution in [0.4, 0.5) is 32.3 Å². The first-order valence-corrected chi connectivity index (χ1v) is 12.7. The maximum Gasteiger partial charge on any atom is 0.573 e. The first-order chi connectivity index (χ1) is 20.1. The quantitative estimate of drug-likeness (QED) is 0.179. The molecule has 0 spiro atoms. The number of anilines is 1. The number of rotatable bonds is 11. The Labute approximate surface area is 241 Å². The van der Waals surface area contributed by atoms with Crippen LogP contribution in [0.3, 0.4) is 0 Å². The molecule has 0 unspecified atom stereocenters. The van der Waals surface area contributed by atoms with Crippen LogP contribution in [0.1, 0.15) is 30.5 Å². The van der Waals surface area contributed by atoms with Crippen molar-refractivity contribution in [3.8, 4) is 23.0 Å². The summed E-state index contributed by atoms with van der Waals surface area (Å²) in [6.07, 6.45) is -9.01. The van der Waals surface area contributed by atoms with Crippen molar-refractivity contribution in [1.29, 1.82) is 0 Å². The van der Waals surface area contributed by atoms with E-state index in [1.165, 1.54) is 38.1 Å². The number of carboxylic acid groups (broad SMARTS) is 1. The van der Waals surface area contributed by atoms with Crippen molar-refractivity contribution in [3.63, 3.8) is 0 Å². The Morgan fingerprint density at radius 2 is 1.49 bits per heavy atom. The van der Waals surface area contributed by atoms with Crippen molar-refractivity contribution in [2.24, 2.45) is 0 Å². The average Bonchev–Trinajstić information content (AvgIpc) is 3.42. The summed E-state index contributed by atoms with van der Waals surface area (Å²) < 4.78 is 92.0. The van der Waals surface area contributed by atoms with Crippen molar-refractivity contribution in [1.82, 2.24) is 10.1 Å². The average molecular weight is 610 g/mol. The Morgan fingerprint density at radius 3 is 2.07 bits per heavy atom. The van der Waals surface area contributed by atoms with Crippen molar-refractivity contribution in [3.05, 3.63) is 89.5 Å². The first kappa shape index (κ1) is 31.2. The largest absolute Gasteiger partial charge is 0.573 e. The third kappa shape index (κ3) is 8.63. The molecule has 14 heteroatoms. The van der Waals surface area contributed by atoms with Crippen LogP contribution < -0.4 is 14.4 Å². The third-order valence-corrected chi connectivity index (χ3v) is 6.15. The fraction of sp³-hybridized carbons (Fsp3) is 0.276. The smallest absolute Gasteiger partial charge is 0.478 e. The minimum atomic E-state index is -4.85. The van der Waals surface area contributed by atoms with Crippen LogP contribution in [-0.4, -0.2) is 39.7 Å². The molecule has 0 atom stereocenters. The third-order valence-electron chi connectivity index (χ3n) is 6.15. The first-order valence-electron chi connectivity index (χ1n) is 12.7. The van der Waals surface area contributed by atoms with Crippen LogP contribution >= 0.6 is 0 Å². The van der Waals surface area contributed by atoms with Gasteiger partial charge in [0.1, 0.15) is 11.5 Å². The van der Waals surface area contributed by atoms with E-state index in [0.717, 1.165) is 29.8 Å². The van der Waals surface area contributed by atoms with Crippen LogP contribution in [0.15, 0.2) is 77.3 Å². The Hall–Kier alpha value is -4.75. The zero-order valence-electron chi connectivity index (χ0n) is 22.7. The molecule has 0 aliphatic rings. The standard InChI is InChI=1S/C29H25F6N3O5/c1-27(2,25(39)40)41-22-10-6-18(7-11-22)14-15-38(17-19-8-12-23(13-9-19)42-29(33,34)35)26-36-24(43-37-26)20-4-3-5-21(16-20)28(30,31)32/h3-13,16H,14-15,17H2,1-2H3,(H,39,40). The molecule has 0 saturated carbocycles. The number of hydrogen-bond acceptors (Lipinski definition) is 7. The van der Waals surface area contributed by atoms with Crippen LogP contribution in [0, 0.1) is 0 Å². The van der Waals surface area contributed by atoms with Gasteiger partial charge in [0.15, 0.2) is 5.60 Å². The SMILES string of the molecule is CC(C)(Oc1ccc(CCN(Cc2ccc(OC(F)(F)F)cc2)c2noc(-c3cccc(C(F)(F)F)c3)n2)cc1)C(=O)O. The van der Waals surface area contributed by atoms with E-state index in [4.69, 9.17) is 9.26 Å². The number of hydrogen-bond donors (Lipinski definition) is 1. The van der Waals surface area contributed by atoms with Crippen molar-refractivity contribution < 1.29 is 50.2 Å². The molecule has 1 aromatic heterocycles. The van der Waals surface area contributed by atoms with Gasteiger partial charge in [0, 0.05) is 18.7 Å². The van der Waals surface area contributed by atoms with E-state index in [1.807, 2.05) is 0 Å². The fourth-order valence-corrected chi connectivity index (χ4v) is 3.88. The molecule has 0 aliphatic carbocycles. The van der Waals surface area contributed by atoms with Gasteiger partial charge in [-0.05, 0) is 79.0 Å². The maximum absolute atomic E-state index is 13.2. The van der Waals surface area contributed by atoms with Crippen LogP contribution in [0.5, 0.6) is 11.5 Å². The molecule has 1 heterocycles. The highest BCUT2D eigenvalue weighted by Gasteiger charge is 2.32. The molecule has 4 aromatic rings. The topological polar surface area (TPSA) is 97.9 Å². The highest BCUT2D eigenvalue weighted by Crippen LogP contribution is 2.32. The minimum Gasteiger partial charge on any atom is -0.478 e. The van der Waals surface area contributed by atoms with Gasteiger partial charge in [-0.25, -0.2) is 4.79 Å². The van der Waals surface area contributed by atoms with Crippen molar-refractivity contribution in [2.75, 3.05) is 11.4 Å². The monoisotopic (exact) mass is 609 g/mol. The molecule has 1 N–H and O–H groups in total. The summed E-state index contributed by atoms with van der Waals surface area (Å²) in [6, 6.07) is 16.3. The van der Waals surface area contributed by atoms with Gasteiger partial charge in [0.25, 0.3) is 11.8 Å². The van der Waals surface area contributed by atoms with Crippen molar-refractivity contribution in [2.45, 2.75) is 45.0 Å². The fourth-order valence-electron chi connectivity index (χ4n) is 3.88. The van der Waals surface area contributed by atoms with Crippen LogP contribution in [0.2, 0.25) is 0 Å². The van der Waals surface area contributed by atoms with Crippen molar-refractivity contribution >= 4 is 11.9 Å². The van der Waals surface area contributed by atoms with E-state index in [-0.39, 0.29) is 30.5 Å². The zero-order chi connectivity index (χ0) is 31.4. The summed E-state index contributed by atoms with van der Waals surface area (Å²) >= 11 is 0. The Bertz CT molecular complexity index is 1530. The normalized spacial score (nSPS) is 12.2. The lowest BCUT2D eigenvalue weighted by molar-refractivity contribution is -0.274. The second-order valence-corrected chi connectivity index (χ2v) is 9.90. The number of aliphatic carboxylic acids is 1. The Morgan fingerprint density at radius 1 is 0.884 bits per heavy atom. The summed E-state index contributed by atoms with van der Waals surface area (Å²) in [4.78, 5) is 17.3. The van der Waals surface area contributed by atoms with Gasteiger partial charge >= 0.3 is 18.5 Å². The number of carboxylic acids is 1. The number of ether oxygens (including phenoxy) is 2. The number of halogens is 6. The lowest BCUT2D eigenvalue weighted by Crippen LogP contribution is -2.37. The predicted octanol–water partition coefficient (Wildman–Crippen LogP) is 7.15. The summed E-state index contributed by atoms with van der Waals surface area (Å²) in [5.41, 5.74) is -0.876. The number of alkyl halides is 6. The number of nitrogens with zero attached hydrogens (tertiary/aromatic N) is 3. The molecule has 4 rings (SSSR count). The molecule has 3 aromatic carbocycles. The summed E-state index contributed by atoms with van der Waals surface area (Å²) in [5.74, 6) is -1.29. The second kappa shape index (κ2) is 12.2. The van der Waals surface area contributed by atoms with E-state index in [2.05, 4.69) is 14.9 Å². The second-order valence-electron chi connectivity index (χ2n) is 9.90. The van der Waals surface area contributed by atoms with Gasteiger partial charge in [0.05, 0.1) is 5.56 Å².